The first kappa shape index (κ1) is 18.3. The number of hydrogen-bond acceptors (Lipinski definition) is 6. The third-order valence-corrected chi connectivity index (χ3v) is 4.36. The summed E-state index contributed by atoms with van der Waals surface area (Å²) in [5.41, 5.74) is 6.38. The van der Waals surface area contributed by atoms with E-state index in [0.29, 0.717) is 18.0 Å². The number of anilines is 1. The molecule has 26 heavy (non-hydrogen) atoms. The van der Waals surface area contributed by atoms with Crippen LogP contribution in [0.5, 0.6) is 5.75 Å². The van der Waals surface area contributed by atoms with E-state index >= 15 is 0 Å². The zero-order valence-electron chi connectivity index (χ0n) is 13.8. The lowest BCUT2D eigenvalue weighted by Gasteiger charge is -2.27. The van der Waals surface area contributed by atoms with Crippen molar-refractivity contribution >= 4 is 5.69 Å². The topological polar surface area (TPSA) is 106 Å². The Balaban J connectivity index is 1.80. The molecule has 7 nitrogen and oxygen atoms in total. The Bertz CT molecular complexity index is 795. The minimum atomic E-state index is -4.81. The van der Waals surface area contributed by atoms with Crippen LogP contribution in [0.25, 0.3) is 11.5 Å². The third kappa shape index (κ3) is 4.78. The van der Waals surface area contributed by atoms with Gasteiger partial charge >= 0.3 is 12.1 Å². The monoisotopic (exact) mass is 372 g/mol. The van der Waals surface area contributed by atoms with E-state index in [0.717, 1.165) is 31.7 Å². The van der Waals surface area contributed by atoms with E-state index in [4.69, 9.17) is 10.2 Å². The van der Waals surface area contributed by atoms with Crippen molar-refractivity contribution in [3.63, 3.8) is 0 Å². The van der Waals surface area contributed by atoms with Gasteiger partial charge in [0.25, 0.3) is 0 Å². The number of nitrogens with one attached hydrogen (secondary N) is 2. The number of aromatic amines is 1. The van der Waals surface area contributed by atoms with Crippen molar-refractivity contribution < 1.29 is 22.3 Å². The van der Waals surface area contributed by atoms with E-state index in [1.54, 1.807) is 0 Å². The standard InChI is InChI=1S/C16H19F3N4O3/c17-16(18,19)26-13-6-3-10(14-22-23-15(24)25-14)7-12(13)21-8-9-1-4-11(20)5-2-9/h3,6-7,9,11,21H,1-2,4-5,8,20H2,(H,23,24)/t9-,11-. The van der Waals surface area contributed by atoms with Gasteiger partial charge in [-0.15, -0.1) is 18.3 Å². The lowest BCUT2D eigenvalue weighted by molar-refractivity contribution is -0.274. The maximum absolute atomic E-state index is 12.6. The molecule has 2 aromatic rings. The minimum absolute atomic E-state index is 0.0137. The van der Waals surface area contributed by atoms with Gasteiger partial charge in [0.05, 0.1) is 5.69 Å². The SMILES string of the molecule is N[C@H]1CC[C@H](CNc2cc(-c3n[nH]c(=O)o3)ccc2OC(F)(F)F)CC1. The first-order valence-corrected chi connectivity index (χ1v) is 8.25. The second kappa shape index (κ2) is 7.40. The highest BCUT2D eigenvalue weighted by Crippen LogP contribution is 2.34. The van der Waals surface area contributed by atoms with Crippen LogP contribution in [0.3, 0.4) is 0 Å². The molecule has 0 spiro atoms. The zero-order valence-corrected chi connectivity index (χ0v) is 13.8. The Morgan fingerprint density at radius 2 is 2.04 bits per heavy atom. The molecule has 3 rings (SSSR count). The lowest BCUT2D eigenvalue weighted by atomic mass is 9.86. The molecule has 0 atom stereocenters. The summed E-state index contributed by atoms with van der Waals surface area (Å²) >= 11 is 0. The fourth-order valence-corrected chi connectivity index (χ4v) is 3.01. The number of halogens is 3. The second-order valence-electron chi connectivity index (χ2n) is 6.34. The average Bonchev–Trinajstić information content (AvgIpc) is 3.00. The van der Waals surface area contributed by atoms with E-state index in [2.05, 4.69) is 20.3 Å². The summed E-state index contributed by atoms with van der Waals surface area (Å²) in [5, 5.41) is 8.81. The molecule has 1 aromatic heterocycles. The number of nitrogens with zero attached hydrogens (tertiary/aromatic N) is 1. The molecule has 1 heterocycles. The van der Waals surface area contributed by atoms with Crippen LogP contribution >= 0.6 is 0 Å². The zero-order chi connectivity index (χ0) is 18.7. The van der Waals surface area contributed by atoms with Gasteiger partial charge in [0.1, 0.15) is 0 Å². The van der Waals surface area contributed by atoms with Gasteiger partial charge in [-0.3, -0.25) is 0 Å². The molecule has 1 aliphatic rings. The van der Waals surface area contributed by atoms with Crippen molar-refractivity contribution in [1.82, 2.24) is 10.2 Å². The number of rotatable bonds is 5. The van der Waals surface area contributed by atoms with Gasteiger partial charge in [-0.2, -0.15) is 0 Å². The molecule has 1 fully saturated rings. The van der Waals surface area contributed by atoms with Crippen molar-refractivity contribution in [2.45, 2.75) is 38.1 Å². The van der Waals surface area contributed by atoms with E-state index < -0.39 is 12.1 Å². The molecule has 0 radical (unpaired) electrons. The van der Waals surface area contributed by atoms with E-state index in [-0.39, 0.29) is 23.4 Å². The highest BCUT2D eigenvalue weighted by Gasteiger charge is 2.32. The largest absolute Gasteiger partial charge is 0.573 e. The predicted molar refractivity (Wildman–Crippen MR) is 87.7 cm³/mol. The maximum atomic E-state index is 12.6. The minimum Gasteiger partial charge on any atom is -0.404 e. The van der Waals surface area contributed by atoms with E-state index in [9.17, 15) is 18.0 Å². The summed E-state index contributed by atoms with van der Waals surface area (Å²) < 4.78 is 46.9. The summed E-state index contributed by atoms with van der Waals surface area (Å²) in [6.07, 6.45) is -1.18. The molecule has 1 aliphatic carbocycles. The molecule has 0 bridgehead atoms. The van der Waals surface area contributed by atoms with Crippen LogP contribution < -0.4 is 21.5 Å². The molecule has 10 heteroatoms. The van der Waals surface area contributed by atoms with Gasteiger partial charge in [0.15, 0.2) is 5.75 Å². The number of hydrogen-bond donors (Lipinski definition) is 3. The van der Waals surface area contributed by atoms with Crippen molar-refractivity contribution in [2.24, 2.45) is 11.7 Å². The van der Waals surface area contributed by atoms with Crippen LogP contribution in [0.2, 0.25) is 0 Å². The maximum Gasteiger partial charge on any atom is 0.573 e. The number of H-pyrrole nitrogens is 1. The van der Waals surface area contributed by atoms with Crippen LogP contribution in [-0.4, -0.2) is 29.1 Å². The first-order chi connectivity index (χ1) is 12.3. The number of alkyl halides is 3. The molecule has 0 unspecified atom stereocenters. The fourth-order valence-electron chi connectivity index (χ4n) is 3.01. The van der Waals surface area contributed by atoms with Crippen molar-refractivity contribution in [3.05, 3.63) is 28.7 Å². The van der Waals surface area contributed by atoms with Crippen LogP contribution in [0.1, 0.15) is 25.7 Å². The Hall–Kier alpha value is -2.49. The molecule has 1 aromatic carbocycles. The molecule has 0 aliphatic heterocycles. The van der Waals surface area contributed by atoms with Crippen LogP contribution in [0.4, 0.5) is 18.9 Å². The highest BCUT2D eigenvalue weighted by molar-refractivity contribution is 5.67. The fraction of sp³-hybridized carbons (Fsp3) is 0.500. The molecule has 142 valence electrons. The lowest BCUT2D eigenvalue weighted by Crippen LogP contribution is -2.29. The molecular weight excluding hydrogens is 353 g/mol. The molecule has 0 saturated heterocycles. The Morgan fingerprint density at radius 1 is 1.31 bits per heavy atom. The van der Waals surface area contributed by atoms with Gasteiger partial charge in [-0.05, 0) is 49.8 Å². The summed E-state index contributed by atoms with van der Waals surface area (Å²) in [4.78, 5) is 11.1. The number of aromatic nitrogens is 2. The van der Waals surface area contributed by atoms with Crippen molar-refractivity contribution in [2.75, 3.05) is 11.9 Å². The Morgan fingerprint density at radius 3 is 2.65 bits per heavy atom. The molecular formula is C16H19F3N4O3. The van der Waals surface area contributed by atoms with Crippen molar-refractivity contribution in [3.8, 4) is 17.2 Å². The average molecular weight is 372 g/mol. The summed E-state index contributed by atoms with van der Waals surface area (Å²) in [6.45, 7) is 0.495. The number of ether oxygens (including phenoxy) is 1. The third-order valence-electron chi connectivity index (χ3n) is 4.36. The van der Waals surface area contributed by atoms with Gasteiger partial charge in [0, 0.05) is 18.2 Å². The first-order valence-electron chi connectivity index (χ1n) is 8.25. The second-order valence-corrected chi connectivity index (χ2v) is 6.34. The van der Waals surface area contributed by atoms with E-state index in [1.165, 1.54) is 12.1 Å². The number of nitrogens with two attached hydrogens (primary N) is 1. The highest BCUT2D eigenvalue weighted by atomic mass is 19.4. The Labute approximate surface area is 146 Å². The Kier molecular flexibility index (Phi) is 5.21. The molecule has 1 saturated carbocycles. The predicted octanol–water partition coefficient (Wildman–Crippen LogP) is 2.86. The number of benzene rings is 1. The molecule has 0 amide bonds. The smallest absolute Gasteiger partial charge is 0.404 e. The van der Waals surface area contributed by atoms with Gasteiger partial charge in [-0.1, -0.05) is 0 Å². The van der Waals surface area contributed by atoms with Crippen molar-refractivity contribution in [1.29, 1.82) is 0 Å². The summed E-state index contributed by atoms with van der Waals surface area (Å²) in [7, 11) is 0. The van der Waals surface area contributed by atoms with Crippen LogP contribution in [0.15, 0.2) is 27.4 Å². The van der Waals surface area contributed by atoms with Gasteiger partial charge in [-0.25, -0.2) is 9.89 Å². The van der Waals surface area contributed by atoms with Crippen LogP contribution in [0, 0.1) is 5.92 Å². The van der Waals surface area contributed by atoms with Gasteiger partial charge in [0.2, 0.25) is 5.89 Å². The quantitative estimate of drug-likeness (QED) is 0.745. The van der Waals surface area contributed by atoms with Gasteiger partial charge < -0.3 is 20.2 Å². The van der Waals surface area contributed by atoms with Crippen LogP contribution in [-0.2, 0) is 0 Å². The van der Waals surface area contributed by atoms with E-state index in [1.807, 2.05) is 0 Å². The summed E-state index contributed by atoms with van der Waals surface area (Å²) in [5.74, 6) is -0.795. The normalized spacial score (nSPS) is 20.8. The summed E-state index contributed by atoms with van der Waals surface area (Å²) in [6, 6.07) is 4.11. The molecule has 4 N–H and O–H groups in total.